The molecule has 0 aliphatic heterocycles. The zero-order valence-corrected chi connectivity index (χ0v) is 8.35. The first-order valence-corrected chi connectivity index (χ1v) is 4.21. The van der Waals surface area contributed by atoms with Crippen LogP contribution in [0, 0.1) is 11.3 Å². The fraction of sp³-hybridized carbons (Fsp3) is 0.100. The average molecular weight is 220 g/mol. The van der Waals surface area contributed by atoms with Crippen molar-refractivity contribution in [2.75, 3.05) is 12.4 Å². The lowest BCUT2D eigenvalue weighted by molar-refractivity contribution is -0.147. The van der Waals surface area contributed by atoms with E-state index in [4.69, 9.17) is 15.1 Å². The highest BCUT2D eigenvalue weighted by Gasteiger charge is 2.14. The molecule has 0 spiro atoms. The van der Waals surface area contributed by atoms with Crippen molar-refractivity contribution in [2.24, 2.45) is 0 Å². The second kappa shape index (κ2) is 4.79. The Bertz CT molecular complexity index is 476. The van der Waals surface area contributed by atoms with Gasteiger partial charge < -0.3 is 15.2 Å². The number of carboxylic acids is 1. The van der Waals surface area contributed by atoms with Crippen LogP contribution in [-0.4, -0.2) is 24.1 Å². The third-order valence-electron chi connectivity index (χ3n) is 1.77. The van der Waals surface area contributed by atoms with Crippen LogP contribution in [0.2, 0.25) is 0 Å². The standard InChI is InChI=1S/C10H8N2O4/c1-16-8-4-6(5-11)2-3-7(8)12-9(13)10(14)15/h2-4H,1H3,(H,12,13)(H,14,15). The maximum Gasteiger partial charge on any atom is 0.394 e. The summed E-state index contributed by atoms with van der Waals surface area (Å²) in [6.45, 7) is 0. The Morgan fingerprint density at radius 2 is 2.19 bits per heavy atom. The third kappa shape index (κ3) is 2.48. The van der Waals surface area contributed by atoms with Gasteiger partial charge in [0.25, 0.3) is 0 Å². The van der Waals surface area contributed by atoms with E-state index in [1.807, 2.05) is 6.07 Å². The molecule has 0 heterocycles. The molecule has 1 aromatic carbocycles. The van der Waals surface area contributed by atoms with Crippen LogP contribution in [0.15, 0.2) is 18.2 Å². The number of nitrogens with one attached hydrogen (secondary N) is 1. The van der Waals surface area contributed by atoms with Gasteiger partial charge in [-0.25, -0.2) is 4.79 Å². The smallest absolute Gasteiger partial charge is 0.394 e. The minimum Gasteiger partial charge on any atom is -0.495 e. The van der Waals surface area contributed by atoms with Gasteiger partial charge in [-0.1, -0.05) is 0 Å². The van der Waals surface area contributed by atoms with E-state index in [0.717, 1.165) is 0 Å². The Kier molecular flexibility index (Phi) is 3.45. The number of ether oxygens (including phenoxy) is 1. The highest BCUT2D eigenvalue weighted by molar-refractivity contribution is 6.36. The quantitative estimate of drug-likeness (QED) is 0.710. The van der Waals surface area contributed by atoms with E-state index in [-0.39, 0.29) is 11.4 Å². The number of amides is 1. The van der Waals surface area contributed by atoms with Gasteiger partial charge >= 0.3 is 11.9 Å². The van der Waals surface area contributed by atoms with Crippen LogP contribution in [0.25, 0.3) is 0 Å². The van der Waals surface area contributed by atoms with Crippen molar-refractivity contribution in [1.82, 2.24) is 0 Å². The van der Waals surface area contributed by atoms with Crippen LogP contribution < -0.4 is 10.1 Å². The van der Waals surface area contributed by atoms with E-state index >= 15 is 0 Å². The summed E-state index contributed by atoms with van der Waals surface area (Å²) in [5.74, 6) is -2.52. The lowest BCUT2D eigenvalue weighted by Crippen LogP contribution is -2.22. The summed E-state index contributed by atoms with van der Waals surface area (Å²) in [7, 11) is 1.35. The molecule has 0 unspecified atom stereocenters. The Labute approximate surface area is 91.1 Å². The van der Waals surface area contributed by atoms with Gasteiger partial charge in [0.05, 0.1) is 24.4 Å². The molecule has 0 aliphatic carbocycles. The highest BCUT2D eigenvalue weighted by Crippen LogP contribution is 2.25. The van der Waals surface area contributed by atoms with E-state index in [1.54, 1.807) is 0 Å². The summed E-state index contributed by atoms with van der Waals surface area (Å²) in [4.78, 5) is 21.2. The molecule has 0 aromatic heterocycles. The van der Waals surface area contributed by atoms with Gasteiger partial charge in [0, 0.05) is 6.07 Å². The molecule has 82 valence electrons. The molecule has 0 radical (unpaired) electrons. The molecular formula is C10H8N2O4. The number of nitrogens with zero attached hydrogens (tertiary/aromatic N) is 1. The Hall–Kier alpha value is -2.55. The molecule has 0 fully saturated rings. The van der Waals surface area contributed by atoms with Crippen molar-refractivity contribution in [3.05, 3.63) is 23.8 Å². The maximum absolute atomic E-state index is 10.9. The zero-order valence-electron chi connectivity index (χ0n) is 8.35. The predicted octanol–water partition coefficient (Wildman–Crippen LogP) is 0.590. The third-order valence-corrected chi connectivity index (χ3v) is 1.77. The molecule has 0 saturated heterocycles. The van der Waals surface area contributed by atoms with Gasteiger partial charge in [-0.05, 0) is 12.1 Å². The fourth-order valence-corrected chi connectivity index (χ4v) is 1.04. The minimum absolute atomic E-state index is 0.203. The minimum atomic E-state index is -1.59. The Morgan fingerprint density at radius 3 is 2.69 bits per heavy atom. The molecule has 6 nitrogen and oxygen atoms in total. The van der Waals surface area contributed by atoms with E-state index in [0.29, 0.717) is 5.56 Å². The summed E-state index contributed by atoms with van der Waals surface area (Å²) in [6.07, 6.45) is 0. The molecule has 2 N–H and O–H groups in total. The van der Waals surface area contributed by atoms with E-state index in [9.17, 15) is 9.59 Å². The molecule has 1 amide bonds. The maximum atomic E-state index is 10.9. The Balaban J connectivity index is 3.01. The number of aliphatic carboxylic acids is 1. The average Bonchev–Trinajstić information content (AvgIpc) is 2.29. The van der Waals surface area contributed by atoms with Crippen LogP contribution in [0.5, 0.6) is 5.75 Å². The first-order valence-electron chi connectivity index (χ1n) is 4.21. The van der Waals surface area contributed by atoms with Crippen molar-refractivity contribution in [3.8, 4) is 11.8 Å². The molecule has 6 heteroatoms. The van der Waals surface area contributed by atoms with Gasteiger partial charge in [0.1, 0.15) is 5.75 Å². The molecule has 0 aliphatic rings. The molecular weight excluding hydrogens is 212 g/mol. The predicted molar refractivity (Wildman–Crippen MR) is 54.0 cm³/mol. The summed E-state index contributed by atoms with van der Waals surface area (Å²) in [5.41, 5.74) is 0.555. The van der Waals surface area contributed by atoms with Gasteiger partial charge in [0.2, 0.25) is 0 Å². The molecule has 0 bridgehead atoms. The van der Waals surface area contributed by atoms with Gasteiger partial charge in [-0.15, -0.1) is 0 Å². The number of carbonyl (C=O) groups is 2. The zero-order chi connectivity index (χ0) is 12.1. The topological polar surface area (TPSA) is 99.4 Å². The van der Waals surface area contributed by atoms with Crippen LogP contribution in [0.3, 0.4) is 0 Å². The first kappa shape index (κ1) is 11.5. The largest absolute Gasteiger partial charge is 0.495 e. The van der Waals surface area contributed by atoms with Gasteiger partial charge in [-0.3, -0.25) is 4.79 Å². The lowest BCUT2D eigenvalue weighted by Gasteiger charge is -2.08. The highest BCUT2D eigenvalue weighted by atomic mass is 16.5. The van der Waals surface area contributed by atoms with E-state index in [1.165, 1.54) is 25.3 Å². The normalized spacial score (nSPS) is 9.00. The van der Waals surface area contributed by atoms with Crippen LogP contribution in [-0.2, 0) is 9.59 Å². The second-order valence-corrected chi connectivity index (χ2v) is 2.79. The summed E-state index contributed by atoms with van der Waals surface area (Å²) in [5, 5.41) is 19.2. The number of hydrogen-bond acceptors (Lipinski definition) is 4. The van der Waals surface area contributed by atoms with Crippen molar-refractivity contribution in [2.45, 2.75) is 0 Å². The van der Waals surface area contributed by atoms with Crippen LogP contribution in [0.4, 0.5) is 5.69 Å². The fourth-order valence-electron chi connectivity index (χ4n) is 1.04. The molecule has 16 heavy (non-hydrogen) atoms. The van der Waals surface area contributed by atoms with E-state index in [2.05, 4.69) is 5.32 Å². The van der Waals surface area contributed by atoms with Crippen LogP contribution >= 0.6 is 0 Å². The number of carboxylic acid groups (broad SMARTS) is 1. The number of rotatable bonds is 2. The van der Waals surface area contributed by atoms with E-state index < -0.39 is 11.9 Å². The summed E-state index contributed by atoms with van der Waals surface area (Å²) >= 11 is 0. The Morgan fingerprint density at radius 1 is 1.50 bits per heavy atom. The van der Waals surface area contributed by atoms with Crippen LogP contribution in [0.1, 0.15) is 5.56 Å². The monoisotopic (exact) mass is 220 g/mol. The summed E-state index contributed by atoms with van der Waals surface area (Å²) in [6, 6.07) is 6.14. The van der Waals surface area contributed by atoms with Crippen molar-refractivity contribution in [1.29, 1.82) is 5.26 Å². The van der Waals surface area contributed by atoms with Gasteiger partial charge in [0.15, 0.2) is 0 Å². The van der Waals surface area contributed by atoms with Gasteiger partial charge in [-0.2, -0.15) is 5.26 Å². The molecule has 0 saturated carbocycles. The number of methoxy groups -OCH3 is 1. The van der Waals surface area contributed by atoms with Crippen molar-refractivity contribution < 1.29 is 19.4 Å². The van der Waals surface area contributed by atoms with Crippen molar-refractivity contribution in [3.63, 3.8) is 0 Å². The number of benzene rings is 1. The number of carbonyl (C=O) groups excluding carboxylic acids is 1. The molecule has 1 rings (SSSR count). The number of anilines is 1. The van der Waals surface area contributed by atoms with Crippen molar-refractivity contribution >= 4 is 17.6 Å². The number of nitriles is 1. The number of hydrogen-bond donors (Lipinski definition) is 2. The SMILES string of the molecule is COc1cc(C#N)ccc1NC(=O)C(=O)O. The molecule has 1 aromatic rings. The summed E-state index contributed by atoms with van der Waals surface area (Å²) < 4.78 is 4.91. The molecule has 0 atom stereocenters. The first-order chi connectivity index (χ1) is 7.58. The lowest BCUT2D eigenvalue weighted by atomic mass is 10.2. The second-order valence-electron chi connectivity index (χ2n) is 2.79.